The van der Waals surface area contributed by atoms with Gasteiger partial charge in [0.05, 0.1) is 5.92 Å². The molecule has 0 radical (unpaired) electrons. The number of likely N-dealkylation sites (tertiary alicyclic amines) is 1. The van der Waals surface area contributed by atoms with Crippen molar-refractivity contribution in [2.75, 3.05) is 13.1 Å². The van der Waals surface area contributed by atoms with Crippen molar-refractivity contribution in [3.8, 4) is 0 Å². The molecule has 1 aliphatic rings. The van der Waals surface area contributed by atoms with Gasteiger partial charge in [-0.1, -0.05) is 6.92 Å². The van der Waals surface area contributed by atoms with E-state index in [0.29, 0.717) is 19.5 Å². The number of aromatic nitrogens is 2. The van der Waals surface area contributed by atoms with E-state index in [0.717, 1.165) is 6.42 Å². The highest BCUT2D eigenvalue weighted by molar-refractivity contribution is 5.92. The number of carbonyl (C=O) groups is 2. The third-order valence-corrected chi connectivity index (χ3v) is 3.35. The van der Waals surface area contributed by atoms with Crippen molar-refractivity contribution in [3.05, 3.63) is 28.2 Å². The molecule has 0 aliphatic carbocycles. The number of carboxylic acids is 1. The van der Waals surface area contributed by atoms with Crippen molar-refractivity contribution in [1.82, 2.24) is 14.7 Å². The molecule has 7 nitrogen and oxygen atoms in total. The van der Waals surface area contributed by atoms with E-state index in [-0.39, 0.29) is 23.7 Å². The van der Waals surface area contributed by atoms with Crippen LogP contribution in [0, 0.1) is 5.92 Å². The van der Waals surface area contributed by atoms with Gasteiger partial charge in [-0.25, -0.2) is 4.68 Å². The Balaban J connectivity index is 2.16. The van der Waals surface area contributed by atoms with E-state index in [1.165, 1.54) is 21.7 Å². The molecule has 1 aliphatic heterocycles. The number of nitrogens with zero attached hydrogens (tertiary/aromatic N) is 3. The third kappa shape index (κ3) is 2.87. The predicted molar refractivity (Wildman–Crippen MR) is 70.4 cm³/mol. The summed E-state index contributed by atoms with van der Waals surface area (Å²) < 4.78 is 1.26. The van der Waals surface area contributed by atoms with Crippen molar-refractivity contribution >= 4 is 11.9 Å². The molecule has 1 N–H and O–H groups in total. The van der Waals surface area contributed by atoms with Crippen molar-refractivity contribution in [2.24, 2.45) is 5.92 Å². The Labute approximate surface area is 115 Å². The summed E-state index contributed by atoms with van der Waals surface area (Å²) in [5.41, 5.74) is -0.0580. The van der Waals surface area contributed by atoms with E-state index in [9.17, 15) is 14.4 Å². The molecule has 20 heavy (non-hydrogen) atoms. The fourth-order valence-electron chi connectivity index (χ4n) is 2.24. The van der Waals surface area contributed by atoms with Crippen LogP contribution in [-0.2, 0) is 11.3 Å². The fourth-order valence-corrected chi connectivity index (χ4v) is 2.24. The van der Waals surface area contributed by atoms with Crippen LogP contribution >= 0.6 is 0 Å². The maximum Gasteiger partial charge on any atom is 0.308 e. The standard InChI is InChI=1S/C13H17N3O4/c1-2-6-16-11(17)4-3-10(14-16)12(18)15-7-5-9(8-15)13(19)20/h3-4,9H,2,5-8H2,1H3,(H,19,20). The normalized spacial score (nSPS) is 18.2. The SMILES string of the molecule is CCCn1nc(C(=O)N2CCC(C(=O)O)C2)ccc1=O. The summed E-state index contributed by atoms with van der Waals surface area (Å²) in [6.45, 7) is 2.98. The van der Waals surface area contributed by atoms with Gasteiger partial charge >= 0.3 is 5.97 Å². The van der Waals surface area contributed by atoms with Gasteiger partial charge in [0.15, 0.2) is 0 Å². The maximum atomic E-state index is 12.2. The van der Waals surface area contributed by atoms with E-state index < -0.39 is 11.9 Å². The molecular formula is C13H17N3O4. The number of aryl methyl sites for hydroxylation is 1. The van der Waals surface area contributed by atoms with Gasteiger partial charge in [0.25, 0.3) is 11.5 Å². The Morgan fingerprint density at radius 3 is 2.80 bits per heavy atom. The molecule has 1 aromatic rings. The first-order chi connectivity index (χ1) is 9.52. The quantitative estimate of drug-likeness (QED) is 0.850. The van der Waals surface area contributed by atoms with E-state index in [1.54, 1.807) is 0 Å². The number of rotatable bonds is 4. The number of hydrogen-bond donors (Lipinski definition) is 1. The third-order valence-electron chi connectivity index (χ3n) is 3.35. The summed E-state index contributed by atoms with van der Waals surface area (Å²) >= 11 is 0. The molecule has 1 fully saturated rings. The highest BCUT2D eigenvalue weighted by Gasteiger charge is 2.31. The van der Waals surface area contributed by atoms with Crippen LogP contribution in [0.5, 0.6) is 0 Å². The van der Waals surface area contributed by atoms with Crippen LogP contribution in [0.2, 0.25) is 0 Å². The van der Waals surface area contributed by atoms with Crippen LogP contribution < -0.4 is 5.56 Å². The van der Waals surface area contributed by atoms with Crippen molar-refractivity contribution in [3.63, 3.8) is 0 Å². The molecule has 2 rings (SSSR count). The van der Waals surface area contributed by atoms with Crippen LogP contribution in [0.4, 0.5) is 0 Å². The van der Waals surface area contributed by atoms with E-state index in [1.807, 2.05) is 6.92 Å². The molecule has 1 unspecified atom stereocenters. The number of hydrogen-bond acceptors (Lipinski definition) is 4. The zero-order valence-corrected chi connectivity index (χ0v) is 11.3. The van der Waals surface area contributed by atoms with Gasteiger partial charge in [0.1, 0.15) is 5.69 Å². The minimum atomic E-state index is -0.885. The van der Waals surface area contributed by atoms with Gasteiger partial charge in [-0.2, -0.15) is 5.10 Å². The lowest BCUT2D eigenvalue weighted by Crippen LogP contribution is -2.33. The second kappa shape index (κ2) is 5.85. The highest BCUT2D eigenvalue weighted by Crippen LogP contribution is 2.17. The Morgan fingerprint density at radius 2 is 2.20 bits per heavy atom. The summed E-state index contributed by atoms with van der Waals surface area (Å²) in [6, 6.07) is 2.71. The van der Waals surface area contributed by atoms with Crippen LogP contribution in [0.15, 0.2) is 16.9 Å². The zero-order valence-electron chi connectivity index (χ0n) is 11.3. The number of carbonyl (C=O) groups excluding carboxylic acids is 1. The van der Waals surface area contributed by atoms with E-state index in [2.05, 4.69) is 5.10 Å². The second-order valence-corrected chi connectivity index (χ2v) is 4.85. The van der Waals surface area contributed by atoms with Crippen LogP contribution in [-0.4, -0.2) is 44.8 Å². The minimum absolute atomic E-state index is 0.184. The summed E-state index contributed by atoms with van der Waals surface area (Å²) in [6.07, 6.45) is 1.20. The lowest BCUT2D eigenvalue weighted by atomic mass is 10.1. The monoisotopic (exact) mass is 279 g/mol. The number of carboxylic acid groups (broad SMARTS) is 1. The van der Waals surface area contributed by atoms with Crippen molar-refractivity contribution in [1.29, 1.82) is 0 Å². The Bertz CT molecular complexity index is 581. The molecule has 1 saturated heterocycles. The first-order valence-corrected chi connectivity index (χ1v) is 6.63. The molecule has 2 heterocycles. The van der Waals surface area contributed by atoms with Crippen molar-refractivity contribution in [2.45, 2.75) is 26.3 Å². The average molecular weight is 279 g/mol. The molecule has 0 spiro atoms. The summed E-state index contributed by atoms with van der Waals surface area (Å²) in [5, 5.41) is 13.0. The Hall–Kier alpha value is -2.18. The van der Waals surface area contributed by atoms with Crippen molar-refractivity contribution < 1.29 is 14.7 Å². The molecule has 1 atom stereocenters. The van der Waals surface area contributed by atoms with Gasteiger partial charge in [-0.05, 0) is 18.9 Å². The van der Waals surface area contributed by atoms with Crippen LogP contribution in [0.1, 0.15) is 30.3 Å². The van der Waals surface area contributed by atoms with Gasteiger partial charge in [-0.3, -0.25) is 14.4 Å². The van der Waals surface area contributed by atoms with Crippen LogP contribution in [0.25, 0.3) is 0 Å². The topological polar surface area (TPSA) is 92.5 Å². The summed E-state index contributed by atoms with van der Waals surface area (Å²) in [5.74, 6) is -1.72. The van der Waals surface area contributed by atoms with Gasteiger partial charge in [0, 0.05) is 25.7 Å². The number of aliphatic carboxylic acids is 1. The molecule has 1 aromatic heterocycles. The molecule has 0 saturated carbocycles. The average Bonchev–Trinajstić information content (AvgIpc) is 2.90. The predicted octanol–water partition coefficient (Wildman–Crippen LogP) is 0.200. The Kier molecular flexibility index (Phi) is 4.16. The van der Waals surface area contributed by atoms with Crippen LogP contribution in [0.3, 0.4) is 0 Å². The first kappa shape index (κ1) is 14.2. The molecular weight excluding hydrogens is 262 g/mol. The number of amides is 1. The molecule has 108 valence electrons. The molecule has 0 aromatic carbocycles. The van der Waals surface area contributed by atoms with Gasteiger partial charge < -0.3 is 10.0 Å². The lowest BCUT2D eigenvalue weighted by Gasteiger charge is -2.15. The highest BCUT2D eigenvalue weighted by atomic mass is 16.4. The van der Waals surface area contributed by atoms with E-state index in [4.69, 9.17) is 5.11 Å². The molecule has 0 bridgehead atoms. The molecule has 1 amide bonds. The van der Waals surface area contributed by atoms with Gasteiger partial charge in [-0.15, -0.1) is 0 Å². The zero-order chi connectivity index (χ0) is 14.7. The smallest absolute Gasteiger partial charge is 0.308 e. The summed E-state index contributed by atoms with van der Waals surface area (Å²) in [7, 11) is 0. The fraction of sp³-hybridized carbons (Fsp3) is 0.538. The largest absolute Gasteiger partial charge is 0.481 e. The van der Waals surface area contributed by atoms with Gasteiger partial charge in [0.2, 0.25) is 0 Å². The maximum absolute atomic E-state index is 12.2. The second-order valence-electron chi connectivity index (χ2n) is 4.85. The summed E-state index contributed by atoms with van der Waals surface area (Å²) in [4.78, 5) is 36.1. The molecule has 7 heteroatoms. The first-order valence-electron chi connectivity index (χ1n) is 6.63. The lowest BCUT2D eigenvalue weighted by molar-refractivity contribution is -0.141. The Morgan fingerprint density at radius 1 is 1.45 bits per heavy atom. The van der Waals surface area contributed by atoms with E-state index >= 15 is 0 Å². The minimum Gasteiger partial charge on any atom is -0.481 e.